The van der Waals surface area contributed by atoms with E-state index in [9.17, 15) is 30.3 Å². The summed E-state index contributed by atoms with van der Waals surface area (Å²) in [6.45, 7) is 22.3. The number of H-pyrrole nitrogens is 3. The van der Waals surface area contributed by atoms with Crippen LogP contribution in [-0.4, -0.2) is 104 Å². The van der Waals surface area contributed by atoms with Crippen LogP contribution >= 0.6 is 0 Å². The summed E-state index contributed by atoms with van der Waals surface area (Å²) in [5, 5.41) is 60.0. The number of hydrogen-bond donors (Lipinski definition) is 9. The summed E-state index contributed by atoms with van der Waals surface area (Å²) in [6, 6.07) is 13.3. The Hall–Kier alpha value is -4.57. The zero-order chi connectivity index (χ0) is 54.2. The first-order chi connectivity index (χ1) is 36.0. The zero-order valence-corrected chi connectivity index (χ0v) is 46.6. The number of rotatable bonds is 20. The van der Waals surface area contributed by atoms with Crippen LogP contribution in [0.5, 0.6) is 0 Å². The molecule has 6 heterocycles. The highest BCUT2D eigenvalue weighted by atomic mass is 16.5. The molecule has 0 saturated heterocycles. The highest BCUT2D eigenvalue weighted by Gasteiger charge is 2.41. The number of carboxylic acids is 1. The van der Waals surface area contributed by atoms with Gasteiger partial charge in [-0.2, -0.15) is 0 Å². The molecule has 0 spiro atoms. The van der Waals surface area contributed by atoms with Crippen molar-refractivity contribution in [2.45, 2.75) is 187 Å². The molecular weight excluding hydrogens is 947 g/mol. The van der Waals surface area contributed by atoms with Crippen LogP contribution in [0.4, 0.5) is 0 Å². The van der Waals surface area contributed by atoms with Gasteiger partial charge in [0.05, 0.1) is 36.9 Å². The minimum atomic E-state index is -0.770. The van der Waals surface area contributed by atoms with Crippen molar-refractivity contribution in [2.24, 2.45) is 0 Å². The third kappa shape index (κ3) is 11.8. The van der Waals surface area contributed by atoms with Crippen molar-refractivity contribution >= 4 is 38.7 Å². The molecule has 13 nitrogen and oxygen atoms in total. The summed E-state index contributed by atoms with van der Waals surface area (Å²) in [5.41, 5.74) is 17.0. The standard InChI is InChI=1S/C21H29NO4.C21H31NO3.C20H29NO3/c1-4-21(8-9-23)20-15(7-10-26-21)17-12-14(5-6-18(24)25)11-16(13(2)3)19(17)22-20;1-4-21(8-10-24)20-16(7-11-25-21)18-13-15(6-5-9-23)12-17(14(2)3)19(18)22-20;1-4-20(7-9-23)19-15(6-10-24-20)17-12-14(5-8-22)11-16(13(2)3)18(17)21-19/h11-13,22-23H,4-10H2,1-3H3,(H,24,25);12-14,22-24H,4-11H2,1-3H3;11-13,21-23H,4-10H2,1-3H3. The number of aliphatic carboxylic acids is 1. The van der Waals surface area contributed by atoms with E-state index in [1.54, 1.807) is 0 Å². The highest BCUT2D eigenvalue weighted by molar-refractivity contribution is 5.91. The van der Waals surface area contributed by atoms with Gasteiger partial charge in [-0.25, -0.2) is 0 Å². The van der Waals surface area contributed by atoms with Crippen molar-refractivity contribution in [3.8, 4) is 0 Å². The van der Waals surface area contributed by atoms with Gasteiger partial charge < -0.3 is 59.8 Å². The van der Waals surface area contributed by atoms with Gasteiger partial charge in [0, 0.05) is 91.4 Å². The molecule has 9 N–H and O–H groups in total. The van der Waals surface area contributed by atoms with Crippen LogP contribution in [0.1, 0.15) is 199 Å². The molecule has 3 atom stereocenters. The van der Waals surface area contributed by atoms with Crippen molar-refractivity contribution in [2.75, 3.05) is 52.9 Å². The van der Waals surface area contributed by atoms with Crippen molar-refractivity contribution in [1.29, 1.82) is 0 Å². The molecule has 13 heteroatoms. The molecule has 3 unspecified atom stereocenters. The second kappa shape index (κ2) is 25.3. The van der Waals surface area contributed by atoms with E-state index in [-0.39, 0.29) is 39.5 Å². The van der Waals surface area contributed by atoms with Gasteiger partial charge in [0.15, 0.2) is 0 Å². The minimum Gasteiger partial charge on any atom is -0.481 e. The van der Waals surface area contributed by atoms with E-state index >= 15 is 0 Å². The normalized spacial score (nSPS) is 20.3. The maximum Gasteiger partial charge on any atom is 0.303 e. The van der Waals surface area contributed by atoms with Crippen LogP contribution in [0.25, 0.3) is 32.7 Å². The molecular formula is C62H89N3O10. The fourth-order valence-corrected chi connectivity index (χ4v) is 12.5. The summed E-state index contributed by atoms with van der Waals surface area (Å²) in [5.74, 6) is 0.387. The Labute approximate surface area is 444 Å². The third-order valence-electron chi connectivity index (χ3n) is 16.7. The summed E-state index contributed by atoms with van der Waals surface area (Å²) < 4.78 is 18.5. The van der Waals surface area contributed by atoms with E-state index in [0.29, 0.717) is 69.7 Å². The lowest BCUT2D eigenvalue weighted by molar-refractivity contribution is -0.136. The molecule has 3 aromatic carbocycles. The predicted octanol–water partition coefficient (Wildman–Crippen LogP) is 11.0. The van der Waals surface area contributed by atoms with Crippen LogP contribution in [0.2, 0.25) is 0 Å². The van der Waals surface area contributed by atoms with Crippen LogP contribution < -0.4 is 0 Å². The Morgan fingerprint density at radius 3 is 1.11 bits per heavy atom. The van der Waals surface area contributed by atoms with Gasteiger partial charge in [0.1, 0.15) is 16.8 Å². The Balaban J connectivity index is 0.000000164. The smallest absolute Gasteiger partial charge is 0.303 e. The number of carbonyl (C=O) groups is 1. The number of aryl methyl sites for hydroxylation is 2. The Morgan fingerprint density at radius 2 is 0.827 bits per heavy atom. The number of benzene rings is 3. The van der Waals surface area contributed by atoms with E-state index in [1.165, 1.54) is 71.7 Å². The summed E-state index contributed by atoms with van der Waals surface area (Å²) in [6.07, 6.45) is 10.00. The van der Waals surface area contributed by atoms with Gasteiger partial charge in [-0.3, -0.25) is 4.79 Å². The Morgan fingerprint density at radius 1 is 0.493 bits per heavy atom. The molecule has 0 aliphatic carbocycles. The van der Waals surface area contributed by atoms with Crippen molar-refractivity contribution in [1.82, 2.24) is 15.0 Å². The van der Waals surface area contributed by atoms with Gasteiger partial charge in [0.25, 0.3) is 0 Å². The minimum absolute atomic E-state index is 0.0868. The molecule has 0 radical (unpaired) electrons. The maximum atomic E-state index is 11.0. The fourth-order valence-electron chi connectivity index (χ4n) is 12.5. The first kappa shape index (κ1) is 58.1. The van der Waals surface area contributed by atoms with Crippen LogP contribution in [0.15, 0.2) is 36.4 Å². The molecule has 0 saturated carbocycles. The van der Waals surface area contributed by atoms with E-state index < -0.39 is 22.8 Å². The Kier molecular flexibility index (Phi) is 19.6. The van der Waals surface area contributed by atoms with Crippen LogP contribution in [0.3, 0.4) is 0 Å². The number of aromatic nitrogens is 3. The van der Waals surface area contributed by atoms with Gasteiger partial charge in [0.2, 0.25) is 0 Å². The quantitative estimate of drug-likeness (QED) is 0.0353. The number of aliphatic hydroxyl groups is 5. The highest BCUT2D eigenvalue weighted by Crippen LogP contribution is 2.46. The second-order valence-corrected chi connectivity index (χ2v) is 22.2. The zero-order valence-electron chi connectivity index (χ0n) is 46.6. The van der Waals surface area contributed by atoms with Crippen LogP contribution in [-0.2, 0) is 74.3 Å². The third-order valence-corrected chi connectivity index (χ3v) is 16.7. The SMILES string of the molecule is CCC1(CCO)OCCc2c1[nH]c1c(C(C)C)cc(CCC(=O)O)cc21.CCC1(CCO)OCCc2c1[nH]c1c(C(C)C)cc(CCCO)cc21.CCC1(CCO)OCCc2c1[nH]c1c(C(C)C)cc(CCO)cc21. The lowest BCUT2D eigenvalue weighted by Gasteiger charge is -2.36. The monoisotopic (exact) mass is 1040 g/mol. The van der Waals surface area contributed by atoms with Crippen molar-refractivity contribution in [3.05, 3.63) is 104 Å². The summed E-state index contributed by atoms with van der Waals surface area (Å²) in [7, 11) is 0. The first-order valence-electron chi connectivity index (χ1n) is 28.2. The van der Waals surface area contributed by atoms with E-state index in [0.717, 1.165) is 79.5 Å². The number of hydrogen-bond acceptors (Lipinski definition) is 9. The van der Waals surface area contributed by atoms with E-state index in [2.05, 4.69) is 114 Å². The molecule has 3 aromatic heterocycles. The molecule has 6 aromatic rings. The fraction of sp³-hybridized carbons (Fsp3) is 0.597. The van der Waals surface area contributed by atoms with Gasteiger partial charge in [-0.1, -0.05) is 80.5 Å². The van der Waals surface area contributed by atoms with Gasteiger partial charge >= 0.3 is 5.97 Å². The average Bonchev–Trinajstić information content (AvgIpc) is 4.10. The largest absolute Gasteiger partial charge is 0.481 e. The first-order valence-corrected chi connectivity index (χ1v) is 28.2. The maximum absolute atomic E-state index is 11.0. The summed E-state index contributed by atoms with van der Waals surface area (Å²) >= 11 is 0. The molecule has 0 fully saturated rings. The lowest BCUT2D eigenvalue weighted by Crippen LogP contribution is -2.36. The molecule has 9 rings (SSSR count). The second-order valence-electron chi connectivity index (χ2n) is 22.2. The summed E-state index contributed by atoms with van der Waals surface area (Å²) in [4.78, 5) is 22.0. The molecule has 0 amide bonds. The van der Waals surface area contributed by atoms with Crippen molar-refractivity contribution in [3.63, 3.8) is 0 Å². The van der Waals surface area contributed by atoms with Crippen LogP contribution in [0, 0.1) is 0 Å². The molecule has 412 valence electrons. The van der Waals surface area contributed by atoms with E-state index in [1.807, 2.05) is 0 Å². The number of carboxylic acid groups (broad SMARTS) is 1. The molecule has 75 heavy (non-hydrogen) atoms. The van der Waals surface area contributed by atoms with Gasteiger partial charge in [-0.05, 0) is 150 Å². The number of nitrogens with one attached hydrogen (secondary N) is 3. The predicted molar refractivity (Wildman–Crippen MR) is 299 cm³/mol. The number of aliphatic hydroxyl groups excluding tert-OH is 5. The topological polar surface area (TPSA) is 214 Å². The molecule has 3 aliphatic rings. The van der Waals surface area contributed by atoms with Gasteiger partial charge in [-0.15, -0.1) is 0 Å². The average molecular weight is 1040 g/mol. The van der Waals surface area contributed by atoms with E-state index in [4.69, 9.17) is 19.3 Å². The molecule has 0 bridgehead atoms. The lowest BCUT2D eigenvalue weighted by atomic mass is 9.86. The Bertz CT molecular complexity index is 2870. The molecule has 3 aliphatic heterocycles. The number of ether oxygens (including phenoxy) is 3. The number of fused-ring (bicyclic) bond motifs is 9. The van der Waals surface area contributed by atoms with Crippen molar-refractivity contribution < 1.29 is 49.6 Å². The number of aromatic amines is 3.